The first-order valence-electron chi connectivity index (χ1n) is 12.5. The highest BCUT2D eigenvalue weighted by Gasteiger charge is 2.44. The number of carbonyl (C=O) groups is 1. The second-order valence-corrected chi connectivity index (χ2v) is 10.2. The molecule has 1 saturated heterocycles. The number of hydrogen-bond donors (Lipinski definition) is 0. The molecule has 2 aliphatic heterocycles. The van der Waals surface area contributed by atoms with E-state index in [0.717, 1.165) is 18.0 Å². The Balaban J connectivity index is 1.62. The number of aromatic nitrogens is 4. The molecule has 9 nitrogen and oxygen atoms in total. The topological polar surface area (TPSA) is 83.6 Å². The first kappa shape index (κ1) is 25.1. The summed E-state index contributed by atoms with van der Waals surface area (Å²) in [7, 11) is 3.39. The van der Waals surface area contributed by atoms with Gasteiger partial charge in [-0.2, -0.15) is 10.2 Å². The van der Waals surface area contributed by atoms with Crippen LogP contribution >= 0.6 is 0 Å². The molecule has 202 valence electrons. The summed E-state index contributed by atoms with van der Waals surface area (Å²) >= 11 is 0. The van der Waals surface area contributed by atoms with Crippen molar-refractivity contribution in [2.45, 2.75) is 32.1 Å². The standard InChI is InChI=1S/C28H27F2N5O4/c1-28(2)27(38-8-7-34(28)15-36)25-21-14-39-24-13-23(37-4)19(22-5-6-33(3)31-22)12-20(24)26(21)35(32-25)18-10-16(29)9-17(30)11-18/h5-6,9-13,15,27H,7-8,14H2,1-4H3. The van der Waals surface area contributed by atoms with E-state index in [2.05, 4.69) is 5.10 Å². The lowest BCUT2D eigenvalue weighted by Gasteiger charge is -2.45. The molecule has 0 bridgehead atoms. The summed E-state index contributed by atoms with van der Waals surface area (Å²) in [5.74, 6) is -0.360. The minimum Gasteiger partial charge on any atom is -0.496 e. The van der Waals surface area contributed by atoms with E-state index in [4.69, 9.17) is 19.3 Å². The molecule has 0 N–H and O–H groups in total. The molecule has 0 spiro atoms. The number of ether oxygens (including phenoxy) is 3. The Bertz CT molecular complexity index is 1570. The molecule has 4 heterocycles. The zero-order chi connectivity index (χ0) is 27.5. The molecule has 1 atom stereocenters. The number of aryl methyl sites for hydroxylation is 1. The average Bonchev–Trinajstić information content (AvgIpc) is 3.51. The van der Waals surface area contributed by atoms with Gasteiger partial charge < -0.3 is 19.1 Å². The number of morpholine rings is 1. The van der Waals surface area contributed by atoms with Crippen molar-refractivity contribution in [2.75, 3.05) is 20.3 Å². The van der Waals surface area contributed by atoms with Gasteiger partial charge >= 0.3 is 0 Å². The fourth-order valence-electron chi connectivity index (χ4n) is 5.40. The Morgan fingerprint density at radius 1 is 1.10 bits per heavy atom. The highest BCUT2D eigenvalue weighted by molar-refractivity contribution is 5.82. The second kappa shape index (κ2) is 9.19. The van der Waals surface area contributed by atoms with Crippen molar-refractivity contribution >= 4 is 6.41 Å². The smallest absolute Gasteiger partial charge is 0.210 e. The van der Waals surface area contributed by atoms with Crippen molar-refractivity contribution in [2.24, 2.45) is 7.05 Å². The van der Waals surface area contributed by atoms with Crippen LogP contribution in [0.4, 0.5) is 8.78 Å². The van der Waals surface area contributed by atoms with Gasteiger partial charge in [0.2, 0.25) is 6.41 Å². The molecule has 1 fully saturated rings. The molecule has 2 aliphatic rings. The van der Waals surface area contributed by atoms with E-state index < -0.39 is 23.3 Å². The maximum Gasteiger partial charge on any atom is 0.210 e. The van der Waals surface area contributed by atoms with Gasteiger partial charge in [0.05, 0.1) is 36.3 Å². The fraction of sp³-hybridized carbons (Fsp3) is 0.321. The Morgan fingerprint density at radius 2 is 1.87 bits per heavy atom. The summed E-state index contributed by atoms with van der Waals surface area (Å²) in [6, 6.07) is 8.80. The molecular weight excluding hydrogens is 508 g/mol. The number of carbonyl (C=O) groups excluding carboxylic acids is 1. The number of hydrogen-bond acceptors (Lipinski definition) is 6. The van der Waals surface area contributed by atoms with Crippen molar-refractivity contribution in [3.8, 4) is 39.7 Å². The number of benzene rings is 2. The van der Waals surface area contributed by atoms with Crippen molar-refractivity contribution in [1.82, 2.24) is 24.5 Å². The molecule has 1 amide bonds. The summed E-state index contributed by atoms with van der Waals surface area (Å²) in [5.41, 5.74) is 3.38. The summed E-state index contributed by atoms with van der Waals surface area (Å²) < 4.78 is 50.0. The van der Waals surface area contributed by atoms with E-state index >= 15 is 0 Å². The number of halogens is 2. The predicted octanol–water partition coefficient (Wildman–Crippen LogP) is 4.43. The third-order valence-electron chi connectivity index (χ3n) is 7.40. The zero-order valence-electron chi connectivity index (χ0n) is 21.9. The molecule has 2 aromatic carbocycles. The van der Waals surface area contributed by atoms with Gasteiger partial charge in [0.25, 0.3) is 0 Å². The number of amides is 1. The molecule has 11 heteroatoms. The van der Waals surface area contributed by atoms with Gasteiger partial charge in [-0.05, 0) is 38.1 Å². The van der Waals surface area contributed by atoms with Crippen LogP contribution in [0.25, 0.3) is 28.2 Å². The molecular formula is C28H27F2N5O4. The number of rotatable bonds is 5. The molecule has 2 aromatic heterocycles. The van der Waals surface area contributed by atoms with E-state index in [-0.39, 0.29) is 12.3 Å². The van der Waals surface area contributed by atoms with Gasteiger partial charge in [-0.15, -0.1) is 0 Å². The van der Waals surface area contributed by atoms with Crippen LogP contribution < -0.4 is 9.47 Å². The van der Waals surface area contributed by atoms with E-state index in [0.29, 0.717) is 52.9 Å². The molecule has 6 rings (SSSR count). The molecule has 0 saturated carbocycles. The summed E-state index contributed by atoms with van der Waals surface area (Å²) in [4.78, 5) is 13.5. The third kappa shape index (κ3) is 4.04. The molecule has 0 radical (unpaired) electrons. The van der Waals surface area contributed by atoms with E-state index in [1.165, 1.54) is 16.8 Å². The lowest BCUT2D eigenvalue weighted by molar-refractivity contribution is -0.147. The van der Waals surface area contributed by atoms with Crippen LogP contribution in [0, 0.1) is 11.6 Å². The van der Waals surface area contributed by atoms with Crippen molar-refractivity contribution in [3.05, 3.63) is 65.5 Å². The quantitative estimate of drug-likeness (QED) is 0.352. The summed E-state index contributed by atoms with van der Waals surface area (Å²) in [5, 5.41) is 9.39. The van der Waals surface area contributed by atoms with Gasteiger partial charge in [-0.25, -0.2) is 13.5 Å². The van der Waals surface area contributed by atoms with Gasteiger partial charge in [-0.1, -0.05) is 0 Å². The molecule has 1 unspecified atom stereocenters. The lowest BCUT2D eigenvalue weighted by Crippen LogP contribution is -2.54. The normalized spacial score (nSPS) is 17.8. The van der Waals surface area contributed by atoms with Crippen LogP contribution in [0.2, 0.25) is 0 Å². The minimum absolute atomic E-state index is 0.137. The minimum atomic E-state index is -0.737. The number of nitrogens with zero attached hydrogens (tertiary/aromatic N) is 5. The van der Waals surface area contributed by atoms with Crippen LogP contribution in [-0.4, -0.2) is 56.7 Å². The largest absolute Gasteiger partial charge is 0.496 e. The first-order chi connectivity index (χ1) is 18.7. The van der Waals surface area contributed by atoms with Gasteiger partial charge in [0.1, 0.15) is 41.5 Å². The molecule has 39 heavy (non-hydrogen) atoms. The second-order valence-electron chi connectivity index (χ2n) is 10.2. The van der Waals surface area contributed by atoms with Crippen LogP contribution in [0.1, 0.15) is 31.2 Å². The summed E-state index contributed by atoms with van der Waals surface area (Å²) in [6.45, 7) is 4.71. The Morgan fingerprint density at radius 3 is 2.54 bits per heavy atom. The lowest BCUT2D eigenvalue weighted by atomic mass is 9.88. The monoisotopic (exact) mass is 535 g/mol. The SMILES string of the molecule is COc1cc2c(cc1-c1ccn(C)n1)-c1c(c(C3OCCN(C=O)C3(C)C)nn1-c1cc(F)cc(F)c1)CO2. The fourth-order valence-corrected chi connectivity index (χ4v) is 5.40. The number of fused-ring (bicyclic) bond motifs is 3. The van der Waals surface area contributed by atoms with Crippen LogP contribution in [0.3, 0.4) is 0 Å². The van der Waals surface area contributed by atoms with Crippen molar-refractivity contribution in [1.29, 1.82) is 0 Å². The molecule has 0 aliphatic carbocycles. The van der Waals surface area contributed by atoms with Crippen LogP contribution in [-0.2, 0) is 23.2 Å². The summed E-state index contributed by atoms with van der Waals surface area (Å²) in [6.07, 6.45) is 2.02. The van der Waals surface area contributed by atoms with E-state index in [9.17, 15) is 13.6 Å². The third-order valence-corrected chi connectivity index (χ3v) is 7.40. The van der Waals surface area contributed by atoms with Gasteiger partial charge in [0, 0.05) is 48.6 Å². The van der Waals surface area contributed by atoms with E-state index in [1.807, 2.05) is 39.2 Å². The van der Waals surface area contributed by atoms with Crippen LogP contribution in [0.15, 0.2) is 42.6 Å². The highest BCUT2D eigenvalue weighted by Crippen LogP contribution is 2.48. The maximum atomic E-state index is 14.4. The number of methoxy groups -OCH3 is 1. The average molecular weight is 536 g/mol. The van der Waals surface area contributed by atoms with Crippen LogP contribution in [0.5, 0.6) is 11.5 Å². The van der Waals surface area contributed by atoms with Gasteiger partial charge in [0.15, 0.2) is 0 Å². The predicted molar refractivity (Wildman–Crippen MR) is 138 cm³/mol. The maximum absolute atomic E-state index is 14.4. The zero-order valence-corrected chi connectivity index (χ0v) is 21.9. The van der Waals surface area contributed by atoms with Gasteiger partial charge in [-0.3, -0.25) is 9.48 Å². The highest BCUT2D eigenvalue weighted by atomic mass is 19.1. The van der Waals surface area contributed by atoms with E-state index in [1.54, 1.807) is 22.8 Å². The Kier molecular flexibility index (Phi) is 5.91. The van der Waals surface area contributed by atoms with Crippen molar-refractivity contribution in [3.63, 3.8) is 0 Å². The Labute approximate surface area is 223 Å². The molecule has 4 aromatic rings. The Hall–Kier alpha value is -4.25. The van der Waals surface area contributed by atoms with Crippen molar-refractivity contribution < 1.29 is 27.8 Å². The first-order valence-corrected chi connectivity index (χ1v) is 12.5.